The molecule has 0 spiro atoms. The number of hydrogen-bond donors (Lipinski definition) is 2. The van der Waals surface area contributed by atoms with Crippen molar-refractivity contribution >= 4 is 10.9 Å². The number of hydrogen-bond acceptors (Lipinski definition) is 2. The molecule has 96 valence electrons. The van der Waals surface area contributed by atoms with Crippen LogP contribution in [0, 0.1) is 6.92 Å². The summed E-state index contributed by atoms with van der Waals surface area (Å²) in [5.41, 5.74) is 4.25. The third kappa shape index (κ3) is 2.18. The molecule has 18 heavy (non-hydrogen) atoms. The Kier molecular flexibility index (Phi) is 3.82. The van der Waals surface area contributed by atoms with E-state index in [1.165, 1.54) is 10.9 Å². The molecular formula is C15H20N2O. The van der Waals surface area contributed by atoms with Crippen LogP contribution >= 0.6 is 0 Å². The van der Waals surface area contributed by atoms with Gasteiger partial charge in [-0.1, -0.05) is 25.1 Å². The van der Waals surface area contributed by atoms with Gasteiger partial charge in [0.25, 0.3) is 5.56 Å². The third-order valence-corrected chi connectivity index (χ3v) is 3.53. The standard InChI is InChI=1S/C15H20N2O/c1-4-11-6-5-7-12-10(2)13(8-9-16-3)15(18)17-14(11)12/h5-7,16H,4,8-9H2,1-3H3,(H,17,18). The normalized spacial score (nSPS) is 11.1. The minimum atomic E-state index is 0.0520. The topological polar surface area (TPSA) is 44.9 Å². The van der Waals surface area contributed by atoms with Gasteiger partial charge in [-0.25, -0.2) is 0 Å². The maximum atomic E-state index is 12.1. The number of fused-ring (bicyclic) bond motifs is 1. The van der Waals surface area contributed by atoms with Gasteiger partial charge in [-0.3, -0.25) is 4.79 Å². The molecule has 0 bridgehead atoms. The number of H-pyrrole nitrogens is 1. The van der Waals surface area contributed by atoms with Gasteiger partial charge >= 0.3 is 0 Å². The molecule has 0 aliphatic carbocycles. The van der Waals surface area contributed by atoms with Gasteiger partial charge in [0, 0.05) is 10.9 Å². The highest BCUT2D eigenvalue weighted by molar-refractivity contribution is 5.85. The van der Waals surface area contributed by atoms with Crippen molar-refractivity contribution in [2.75, 3.05) is 13.6 Å². The molecule has 2 rings (SSSR count). The lowest BCUT2D eigenvalue weighted by Crippen LogP contribution is -2.20. The van der Waals surface area contributed by atoms with Crippen molar-refractivity contribution in [3.8, 4) is 0 Å². The van der Waals surface area contributed by atoms with Crippen LogP contribution in [0.25, 0.3) is 10.9 Å². The van der Waals surface area contributed by atoms with Gasteiger partial charge < -0.3 is 10.3 Å². The van der Waals surface area contributed by atoms with Crippen LogP contribution in [0.1, 0.15) is 23.6 Å². The molecule has 0 aliphatic rings. The fourth-order valence-electron chi connectivity index (χ4n) is 2.43. The van der Waals surface area contributed by atoms with Crippen molar-refractivity contribution in [2.24, 2.45) is 0 Å². The minimum absolute atomic E-state index is 0.0520. The molecule has 0 radical (unpaired) electrons. The van der Waals surface area contributed by atoms with E-state index in [4.69, 9.17) is 0 Å². The summed E-state index contributed by atoms with van der Waals surface area (Å²) in [5, 5.41) is 4.26. The molecule has 0 saturated heterocycles. The number of benzene rings is 1. The van der Waals surface area contributed by atoms with Crippen LogP contribution in [-0.2, 0) is 12.8 Å². The van der Waals surface area contributed by atoms with E-state index >= 15 is 0 Å². The Morgan fingerprint density at radius 3 is 2.78 bits per heavy atom. The third-order valence-electron chi connectivity index (χ3n) is 3.53. The molecule has 3 nitrogen and oxygen atoms in total. The van der Waals surface area contributed by atoms with Gasteiger partial charge in [0.1, 0.15) is 0 Å². The van der Waals surface area contributed by atoms with Crippen LogP contribution in [0.2, 0.25) is 0 Å². The number of aromatic nitrogens is 1. The van der Waals surface area contributed by atoms with E-state index in [-0.39, 0.29) is 5.56 Å². The SMILES string of the molecule is CCc1cccc2c(C)c(CCNC)c(=O)[nH]c12. The Hall–Kier alpha value is -1.61. The van der Waals surface area contributed by atoms with E-state index in [9.17, 15) is 4.79 Å². The summed E-state index contributed by atoms with van der Waals surface area (Å²) < 4.78 is 0. The number of aromatic amines is 1. The molecule has 0 saturated carbocycles. The maximum absolute atomic E-state index is 12.1. The zero-order valence-corrected chi connectivity index (χ0v) is 11.3. The van der Waals surface area contributed by atoms with E-state index in [1.807, 2.05) is 14.0 Å². The van der Waals surface area contributed by atoms with Gasteiger partial charge in [-0.15, -0.1) is 0 Å². The molecule has 0 fully saturated rings. The zero-order valence-electron chi connectivity index (χ0n) is 11.3. The van der Waals surface area contributed by atoms with Crippen LogP contribution in [0.4, 0.5) is 0 Å². The second-order valence-corrected chi connectivity index (χ2v) is 4.60. The summed E-state index contributed by atoms with van der Waals surface area (Å²) >= 11 is 0. The van der Waals surface area contributed by atoms with Crippen LogP contribution in [0.15, 0.2) is 23.0 Å². The zero-order chi connectivity index (χ0) is 13.1. The van der Waals surface area contributed by atoms with Crippen molar-refractivity contribution in [1.82, 2.24) is 10.3 Å². The summed E-state index contributed by atoms with van der Waals surface area (Å²) in [7, 11) is 1.90. The summed E-state index contributed by atoms with van der Waals surface area (Å²) in [6.45, 7) is 4.97. The van der Waals surface area contributed by atoms with Gasteiger partial charge in [0.05, 0.1) is 5.52 Å². The lowest BCUT2D eigenvalue weighted by atomic mass is 9.99. The molecule has 0 atom stereocenters. The number of rotatable bonds is 4. The largest absolute Gasteiger partial charge is 0.321 e. The smallest absolute Gasteiger partial charge is 0.251 e. The van der Waals surface area contributed by atoms with Crippen LogP contribution in [0.3, 0.4) is 0 Å². The number of aryl methyl sites for hydroxylation is 2. The fraction of sp³-hybridized carbons (Fsp3) is 0.400. The van der Waals surface area contributed by atoms with Gasteiger partial charge in [-0.2, -0.15) is 0 Å². The van der Waals surface area contributed by atoms with Gasteiger partial charge in [-0.05, 0) is 44.5 Å². The highest BCUT2D eigenvalue weighted by atomic mass is 16.1. The predicted molar refractivity (Wildman–Crippen MR) is 76.3 cm³/mol. The number of para-hydroxylation sites is 1. The molecule has 1 aromatic heterocycles. The summed E-state index contributed by atoms with van der Waals surface area (Å²) in [6, 6.07) is 6.22. The van der Waals surface area contributed by atoms with Gasteiger partial charge in [0.2, 0.25) is 0 Å². The first-order valence-electron chi connectivity index (χ1n) is 6.47. The molecule has 2 N–H and O–H groups in total. The van der Waals surface area contributed by atoms with E-state index in [0.717, 1.165) is 36.0 Å². The first-order chi connectivity index (χ1) is 8.69. The molecule has 0 unspecified atom stereocenters. The first-order valence-corrected chi connectivity index (χ1v) is 6.47. The molecule has 1 heterocycles. The Bertz CT molecular complexity index is 614. The maximum Gasteiger partial charge on any atom is 0.251 e. The molecule has 2 aromatic rings. The highest BCUT2D eigenvalue weighted by Gasteiger charge is 2.10. The van der Waals surface area contributed by atoms with E-state index < -0.39 is 0 Å². The Labute approximate surface area is 107 Å². The van der Waals surface area contributed by atoms with Crippen molar-refractivity contribution in [1.29, 1.82) is 0 Å². The lowest BCUT2D eigenvalue weighted by molar-refractivity contribution is 0.783. The minimum Gasteiger partial charge on any atom is -0.321 e. The second kappa shape index (κ2) is 5.36. The monoisotopic (exact) mass is 244 g/mol. The number of nitrogens with one attached hydrogen (secondary N) is 2. The van der Waals surface area contributed by atoms with E-state index in [2.05, 4.69) is 35.4 Å². The Morgan fingerprint density at radius 1 is 1.33 bits per heavy atom. The van der Waals surface area contributed by atoms with Crippen molar-refractivity contribution in [3.63, 3.8) is 0 Å². The van der Waals surface area contributed by atoms with Crippen LogP contribution < -0.4 is 10.9 Å². The van der Waals surface area contributed by atoms with Crippen molar-refractivity contribution in [3.05, 3.63) is 45.2 Å². The molecule has 0 amide bonds. The summed E-state index contributed by atoms with van der Waals surface area (Å²) in [6.07, 6.45) is 1.70. The predicted octanol–water partition coefficient (Wildman–Crippen LogP) is 2.16. The van der Waals surface area contributed by atoms with Crippen LogP contribution in [0.5, 0.6) is 0 Å². The molecule has 3 heteroatoms. The highest BCUT2D eigenvalue weighted by Crippen LogP contribution is 2.21. The lowest BCUT2D eigenvalue weighted by Gasteiger charge is -2.11. The molecule has 1 aromatic carbocycles. The number of likely N-dealkylation sites (N-methyl/N-ethyl adjacent to an activating group) is 1. The van der Waals surface area contributed by atoms with Gasteiger partial charge in [0.15, 0.2) is 0 Å². The summed E-state index contributed by atoms with van der Waals surface area (Å²) in [5.74, 6) is 0. The second-order valence-electron chi connectivity index (χ2n) is 4.60. The first kappa shape index (κ1) is 12.8. The Morgan fingerprint density at radius 2 is 2.11 bits per heavy atom. The van der Waals surface area contributed by atoms with Crippen molar-refractivity contribution in [2.45, 2.75) is 26.7 Å². The summed E-state index contributed by atoms with van der Waals surface area (Å²) in [4.78, 5) is 15.2. The van der Waals surface area contributed by atoms with E-state index in [0.29, 0.717) is 0 Å². The average Bonchev–Trinajstić information content (AvgIpc) is 2.38. The number of pyridine rings is 1. The fourth-order valence-corrected chi connectivity index (χ4v) is 2.43. The molecule has 0 aliphatic heterocycles. The van der Waals surface area contributed by atoms with Crippen molar-refractivity contribution < 1.29 is 0 Å². The quantitative estimate of drug-likeness (QED) is 0.865. The Balaban J connectivity index is 2.67. The van der Waals surface area contributed by atoms with Crippen LogP contribution in [-0.4, -0.2) is 18.6 Å². The van der Waals surface area contributed by atoms with E-state index in [1.54, 1.807) is 0 Å². The average molecular weight is 244 g/mol. The molecular weight excluding hydrogens is 224 g/mol.